The fraction of sp³-hybridized carbons (Fsp3) is 0.176. The minimum atomic E-state index is -0.436. The Labute approximate surface area is 302 Å². The molecule has 0 aliphatic heterocycles. The molecular weight excluding hydrogens is 613 g/mol. The lowest BCUT2D eigenvalue weighted by molar-refractivity contribution is 0.588. The summed E-state index contributed by atoms with van der Waals surface area (Å²) in [5.41, 5.74) is 21.5. The highest BCUT2D eigenvalue weighted by Gasteiger charge is 2.53. The van der Waals surface area contributed by atoms with E-state index in [2.05, 4.69) is 192 Å². The SMILES string of the molecule is CC(C)(C)c1ccc2c(c1)C1(c3ccccc3-2)c2ccccc2-c2cccc(C(c3ccccc3)c3ccc4c(c3)C(C)(C)c3ccccc3-4)c21. The van der Waals surface area contributed by atoms with E-state index in [-0.39, 0.29) is 16.7 Å². The molecule has 10 rings (SSSR count). The van der Waals surface area contributed by atoms with Gasteiger partial charge < -0.3 is 0 Å². The summed E-state index contributed by atoms with van der Waals surface area (Å²) < 4.78 is 0. The molecule has 0 fully saturated rings. The van der Waals surface area contributed by atoms with Crippen molar-refractivity contribution < 1.29 is 0 Å². The normalized spacial score (nSPS) is 17.7. The molecule has 1 spiro atoms. The largest absolute Gasteiger partial charge is 0.0728 e. The number of hydrogen-bond acceptors (Lipinski definition) is 0. The minimum Gasteiger partial charge on any atom is -0.0622 e. The predicted molar refractivity (Wildman–Crippen MR) is 213 cm³/mol. The van der Waals surface area contributed by atoms with Gasteiger partial charge in [0.25, 0.3) is 0 Å². The maximum absolute atomic E-state index is 2.55. The molecule has 7 aromatic rings. The Balaban J connectivity index is 1.31. The zero-order valence-corrected chi connectivity index (χ0v) is 30.1. The van der Waals surface area contributed by atoms with Gasteiger partial charge in [0.15, 0.2) is 0 Å². The van der Waals surface area contributed by atoms with Crippen molar-refractivity contribution in [3.05, 3.63) is 213 Å². The number of fused-ring (bicyclic) bond motifs is 13. The molecule has 51 heavy (non-hydrogen) atoms. The van der Waals surface area contributed by atoms with Gasteiger partial charge in [0.05, 0.1) is 5.41 Å². The summed E-state index contributed by atoms with van der Waals surface area (Å²) in [5, 5.41) is 0. The van der Waals surface area contributed by atoms with Crippen molar-refractivity contribution in [1.29, 1.82) is 0 Å². The Morgan fingerprint density at radius 2 is 0.941 bits per heavy atom. The van der Waals surface area contributed by atoms with Crippen LogP contribution in [-0.4, -0.2) is 0 Å². The first-order chi connectivity index (χ1) is 24.7. The van der Waals surface area contributed by atoms with Gasteiger partial charge in [-0.2, -0.15) is 0 Å². The van der Waals surface area contributed by atoms with Crippen LogP contribution in [0.3, 0.4) is 0 Å². The molecule has 0 saturated carbocycles. The summed E-state index contributed by atoms with van der Waals surface area (Å²) in [4.78, 5) is 0. The maximum Gasteiger partial charge on any atom is 0.0728 e. The first-order valence-corrected chi connectivity index (χ1v) is 18.5. The first kappa shape index (κ1) is 30.4. The molecule has 0 bridgehead atoms. The Morgan fingerprint density at radius 3 is 1.63 bits per heavy atom. The van der Waals surface area contributed by atoms with Gasteiger partial charge in [-0.1, -0.05) is 192 Å². The molecule has 7 aromatic carbocycles. The van der Waals surface area contributed by atoms with E-state index in [1.807, 2.05) is 0 Å². The predicted octanol–water partition coefficient (Wildman–Crippen LogP) is 12.8. The van der Waals surface area contributed by atoms with Crippen LogP contribution in [0.2, 0.25) is 0 Å². The minimum absolute atomic E-state index is 0.0207. The van der Waals surface area contributed by atoms with E-state index in [1.54, 1.807) is 0 Å². The van der Waals surface area contributed by atoms with Crippen molar-refractivity contribution in [2.24, 2.45) is 0 Å². The average molecular weight is 655 g/mol. The monoisotopic (exact) mass is 654 g/mol. The van der Waals surface area contributed by atoms with Gasteiger partial charge in [0.2, 0.25) is 0 Å². The maximum atomic E-state index is 2.55. The van der Waals surface area contributed by atoms with E-state index < -0.39 is 5.41 Å². The molecule has 0 nitrogen and oxygen atoms in total. The quantitative estimate of drug-likeness (QED) is 0.166. The van der Waals surface area contributed by atoms with Gasteiger partial charge in [0, 0.05) is 11.3 Å². The Kier molecular flexibility index (Phi) is 6.27. The number of rotatable bonds is 3. The fourth-order valence-electron chi connectivity index (χ4n) is 10.0. The standard InChI is InChI=1S/C51H42/c1-49(2,3)34-27-29-39-36-19-10-13-24-43(36)51(46(39)31-34)44-25-14-11-20-37(44)40-21-15-22-41(48(40)51)47(32-16-7-6-8-17-32)33-26-28-38-35-18-9-12-23-42(35)50(4,5)45(38)30-33/h6-31,47H,1-5H3. The van der Waals surface area contributed by atoms with Crippen LogP contribution in [0.25, 0.3) is 33.4 Å². The Morgan fingerprint density at radius 1 is 0.412 bits per heavy atom. The van der Waals surface area contributed by atoms with Crippen molar-refractivity contribution in [2.75, 3.05) is 0 Å². The van der Waals surface area contributed by atoms with E-state index in [4.69, 9.17) is 0 Å². The van der Waals surface area contributed by atoms with Gasteiger partial charge in [-0.25, -0.2) is 0 Å². The summed E-state index contributed by atoms with van der Waals surface area (Å²) in [6.45, 7) is 11.8. The Bertz CT molecular complexity index is 2530. The molecular formula is C51H42. The van der Waals surface area contributed by atoms with E-state index in [0.717, 1.165) is 0 Å². The van der Waals surface area contributed by atoms with Crippen LogP contribution < -0.4 is 0 Å². The van der Waals surface area contributed by atoms with Crippen LogP contribution >= 0.6 is 0 Å². The van der Waals surface area contributed by atoms with Crippen molar-refractivity contribution in [1.82, 2.24) is 0 Å². The van der Waals surface area contributed by atoms with E-state index in [1.165, 1.54) is 89.0 Å². The lowest BCUT2D eigenvalue weighted by atomic mass is 9.66. The molecule has 0 heterocycles. The zero-order valence-electron chi connectivity index (χ0n) is 30.1. The molecule has 0 heteroatoms. The zero-order chi connectivity index (χ0) is 34.7. The second-order valence-corrected chi connectivity index (χ2v) is 16.4. The highest BCUT2D eigenvalue weighted by molar-refractivity contribution is 5.96. The third-order valence-electron chi connectivity index (χ3n) is 12.4. The van der Waals surface area contributed by atoms with Gasteiger partial charge in [-0.05, 0) is 94.4 Å². The lowest BCUT2D eigenvalue weighted by Crippen LogP contribution is -2.29. The van der Waals surface area contributed by atoms with Crippen LogP contribution in [0.15, 0.2) is 158 Å². The van der Waals surface area contributed by atoms with Crippen LogP contribution in [0.4, 0.5) is 0 Å². The summed E-state index contributed by atoms with van der Waals surface area (Å²) in [7, 11) is 0. The molecule has 246 valence electrons. The van der Waals surface area contributed by atoms with Gasteiger partial charge >= 0.3 is 0 Å². The lowest BCUT2D eigenvalue weighted by Gasteiger charge is -2.35. The first-order valence-electron chi connectivity index (χ1n) is 18.5. The van der Waals surface area contributed by atoms with Gasteiger partial charge in [-0.15, -0.1) is 0 Å². The van der Waals surface area contributed by atoms with Gasteiger partial charge in [-0.3, -0.25) is 0 Å². The highest BCUT2D eigenvalue weighted by atomic mass is 14.5. The van der Waals surface area contributed by atoms with Gasteiger partial charge in [0.1, 0.15) is 0 Å². The molecule has 0 saturated heterocycles. The number of hydrogen-bond donors (Lipinski definition) is 0. The number of benzene rings is 7. The second-order valence-electron chi connectivity index (χ2n) is 16.4. The summed E-state index contributed by atoms with van der Waals surface area (Å²) >= 11 is 0. The van der Waals surface area contributed by atoms with Crippen LogP contribution in [-0.2, 0) is 16.2 Å². The molecule has 0 aromatic heterocycles. The molecule has 0 amide bonds. The van der Waals surface area contributed by atoms with Crippen molar-refractivity contribution >= 4 is 0 Å². The summed E-state index contributed by atoms with van der Waals surface area (Å²) in [5.74, 6) is 0.0409. The molecule has 2 atom stereocenters. The van der Waals surface area contributed by atoms with Crippen LogP contribution in [0, 0.1) is 0 Å². The second kappa shape index (κ2) is 10.5. The van der Waals surface area contributed by atoms with Crippen molar-refractivity contribution in [3.63, 3.8) is 0 Å². The Hall–Kier alpha value is -5.46. The summed E-state index contributed by atoms with van der Waals surface area (Å²) in [6.07, 6.45) is 0. The van der Waals surface area contributed by atoms with Crippen LogP contribution in [0.5, 0.6) is 0 Å². The van der Waals surface area contributed by atoms with Crippen molar-refractivity contribution in [3.8, 4) is 33.4 Å². The van der Waals surface area contributed by atoms with E-state index >= 15 is 0 Å². The third kappa shape index (κ3) is 4.02. The topological polar surface area (TPSA) is 0 Å². The van der Waals surface area contributed by atoms with Crippen LogP contribution in [0.1, 0.15) is 96.2 Å². The fourth-order valence-corrected chi connectivity index (χ4v) is 10.0. The average Bonchev–Trinajstić information content (AvgIpc) is 3.71. The van der Waals surface area contributed by atoms with E-state index in [9.17, 15) is 0 Å². The summed E-state index contributed by atoms with van der Waals surface area (Å²) in [6, 6.07) is 60.4. The molecule has 2 unspecified atom stereocenters. The smallest absolute Gasteiger partial charge is 0.0622 e. The third-order valence-corrected chi connectivity index (χ3v) is 12.4. The highest BCUT2D eigenvalue weighted by Crippen LogP contribution is 2.65. The van der Waals surface area contributed by atoms with Crippen molar-refractivity contribution in [2.45, 2.75) is 56.8 Å². The molecule has 3 aliphatic rings. The molecule has 3 aliphatic carbocycles. The molecule has 0 radical (unpaired) electrons. The molecule has 0 N–H and O–H groups in total. The van der Waals surface area contributed by atoms with E-state index in [0.29, 0.717) is 0 Å².